The molecular formula is C14H15BrN4O. The van der Waals surface area contributed by atoms with Crippen LogP contribution in [-0.2, 0) is 6.54 Å². The fraction of sp³-hybridized carbons (Fsp3) is 0.214. The summed E-state index contributed by atoms with van der Waals surface area (Å²) in [5.41, 5.74) is 1.33. The molecule has 2 rings (SSSR count). The van der Waals surface area contributed by atoms with E-state index in [1.165, 1.54) is 0 Å². The predicted octanol–water partition coefficient (Wildman–Crippen LogP) is 2.60. The van der Waals surface area contributed by atoms with Crippen molar-refractivity contribution in [3.05, 3.63) is 52.1 Å². The molecule has 1 heterocycles. The minimum atomic E-state index is -0.236. The third kappa shape index (κ3) is 4.03. The van der Waals surface area contributed by atoms with E-state index in [9.17, 15) is 4.79 Å². The SMILES string of the molecule is CCNc1ccc(C(=O)NCc2cccc(Br)c2)nn1. The highest BCUT2D eigenvalue weighted by Crippen LogP contribution is 2.11. The Hall–Kier alpha value is -1.95. The van der Waals surface area contributed by atoms with Gasteiger partial charge in [-0.05, 0) is 36.8 Å². The minimum Gasteiger partial charge on any atom is -0.369 e. The highest BCUT2D eigenvalue weighted by atomic mass is 79.9. The number of halogens is 1. The summed E-state index contributed by atoms with van der Waals surface area (Å²) in [7, 11) is 0. The molecule has 2 aromatic rings. The fourth-order valence-corrected chi connectivity index (χ4v) is 2.10. The molecule has 1 aromatic carbocycles. The molecule has 2 N–H and O–H groups in total. The van der Waals surface area contributed by atoms with E-state index in [4.69, 9.17) is 0 Å². The monoisotopic (exact) mass is 334 g/mol. The molecule has 20 heavy (non-hydrogen) atoms. The average molecular weight is 335 g/mol. The molecule has 1 aromatic heterocycles. The van der Waals surface area contributed by atoms with Gasteiger partial charge in [0.2, 0.25) is 0 Å². The highest BCUT2D eigenvalue weighted by Gasteiger charge is 2.07. The Kier molecular flexibility index (Phi) is 5.06. The van der Waals surface area contributed by atoms with Gasteiger partial charge >= 0.3 is 0 Å². The van der Waals surface area contributed by atoms with Crippen molar-refractivity contribution < 1.29 is 4.79 Å². The first kappa shape index (κ1) is 14.5. The second-order valence-corrected chi connectivity index (χ2v) is 5.06. The Balaban J connectivity index is 1.94. The van der Waals surface area contributed by atoms with Gasteiger partial charge in [0.15, 0.2) is 5.69 Å². The van der Waals surface area contributed by atoms with Crippen molar-refractivity contribution >= 4 is 27.7 Å². The van der Waals surface area contributed by atoms with Gasteiger partial charge < -0.3 is 10.6 Å². The molecule has 0 radical (unpaired) electrons. The zero-order valence-corrected chi connectivity index (χ0v) is 12.6. The van der Waals surface area contributed by atoms with Gasteiger partial charge in [0, 0.05) is 17.6 Å². The lowest BCUT2D eigenvalue weighted by Crippen LogP contribution is -2.24. The van der Waals surface area contributed by atoms with E-state index >= 15 is 0 Å². The number of benzene rings is 1. The number of hydrogen-bond donors (Lipinski definition) is 2. The Labute approximate surface area is 125 Å². The summed E-state index contributed by atoms with van der Waals surface area (Å²) in [6, 6.07) is 11.2. The maximum atomic E-state index is 11.9. The van der Waals surface area contributed by atoms with Gasteiger partial charge in [0.1, 0.15) is 5.82 Å². The summed E-state index contributed by atoms with van der Waals surface area (Å²) in [5, 5.41) is 13.7. The first-order chi connectivity index (χ1) is 9.69. The molecule has 0 saturated heterocycles. The number of hydrogen-bond acceptors (Lipinski definition) is 4. The van der Waals surface area contributed by atoms with Crippen molar-refractivity contribution in [1.82, 2.24) is 15.5 Å². The van der Waals surface area contributed by atoms with Crippen LogP contribution in [0.5, 0.6) is 0 Å². The van der Waals surface area contributed by atoms with Crippen LogP contribution in [0.2, 0.25) is 0 Å². The number of anilines is 1. The van der Waals surface area contributed by atoms with Gasteiger partial charge in [-0.15, -0.1) is 10.2 Å². The zero-order valence-electron chi connectivity index (χ0n) is 11.1. The molecule has 0 unspecified atom stereocenters. The number of rotatable bonds is 5. The maximum Gasteiger partial charge on any atom is 0.272 e. The van der Waals surface area contributed by atoms with Crippen LogP contribution in [0.25, 0.3) is 0 Å². The first-order valence-electron chi connectivity index (χ1n) is 6.29. The van der Waals surface area contributed by atoms with E-state index < -0.39 is 0 Å². The third-order valence-corrected chi connectivity index (χ3v) is 3.09. The van der Waals surface area contributed by atoms with Crippen molar-refractivity contribution in [1.29, 1.82) is 0 Å². The molecule has 104 valence electrons. The van der Waals surface area contributed by atoms with Gasteiger partial charge in [-0.25, -0.2) is 0 Å². The molecule has 0 fully saturated rings. The Morgan fingerprint density at radius 1 is 1.25 bits per heavy atom. The predicted molar refractivity (Wildman–Crippen MR) is 81.5 cm³/mol. The van der Waals surface area contributed by atoms with Crippen LogP contribution in [-0.4, -0.2) is 22.6 Å². The van der Waals surface area contributed by atoms with E-state index in [1.54, 1.807) is 12.1 Å². The van der Waals surface area contributed by atoms with Crippen molar-refractivity contribution in [2.75, 3.05) is 11.9 Å². The molecule has 0 bridgehead atoms. The lowest BCUT2D eigenvalue weighted by atomic mass is 10.2. The van der Waals surface area contributed by atoms with E-state index in [2.05, 4.69) is 36.8 Å². The highest BCUT2D eigenvalue weighted by molar-refractivity contribution is 9.10. The molecule has 6 heteroatoms. The number of nitrogens with zero attached hydrogens (tertiary/aromatic N) is 2. The minimum absolute atomic E-state index is 0.236. The molecule has 0 saturated carbocycles. The van der Waals surface area contributed by atoms with Gasteiger partial charge in [-0.3, -0.25) is 4.79 Å². The van der Waals surface area contributed by atoms with Crippen molar-refractivity contribution in [3.8, 4) is 0 Å². The van der Waals surface area contributed by atoms with Crippen molar-refractivity contribution in [3.63, 3.8) is 0 Å². The fourth-order valence-electron chi connectivity index (χ4n) is 1.65. The number of amides is 1. The summed E-state index contributed by atoms with van der Waals surface area (Å²) in [6.07, 6.45) is 0. The molecule has 5 nitrogen and oxygen atoms in total. The van der Waals surface area contributed by atoms with Crippen LogP contribution in [0.1, 0.15) is 23.0 Å². The van der Waals surface area contributed by atoms with Crippen LogP contribution in [0.4, 0.5) is 5.82 Å². The molecule has 0 atom stereocenters. The number of carbonyl (C=O) groups is 1. The quantitative estimate of drug-likeness (QED) is 0.881. The summed E-state index contributed by atoms with van der Waals surface area (Å²) in [5.74, 6) is 0.427. The standard InChI is InChI=1S/C14H15BrN4O/c1-2-16-13-7-6-12(18-19-13)14(20)17-9-10-4-3-5-11(15)8-10/h3-8H,2,9H2,1H3,(H,16,19)(H,17,20). The van der Waals surface area contributed by atoms with Crippen molar-refractivity contribution in [2.24, 2.45) is 0 Å². The summed E-state index contributed by atoms with van der Waals surface area (Å²) < 4.78 is 0.985. The van der Waals surface area contributed by atoms with E-state index in [0.29, 0.717) is 18.1 Å². The second-order valence-electron chi connectivity index (χ2n) is 4.15. The van der Waals surface area contributed by atoms with Gasteiger partial charge in [-0.2, -0.15) is 0 Å². The maximum absolute atomic E-state index is 11.9. The van der Waals surface area contributed by atoms with Crippen LogP contribution >= 0.6 is 15.9 Å². The van der Waals surface area contributed by atoms with Gasteiger partial charge in [0.05, 0.1) is 0 Å². The summed E-state index contributed by atoms with van der Waals surface area (Å²) in [4.78, 5) is 11.9. The normalized spacial score (nSPS) is 10.1. The molecular weight excluding hydrogens is 320 g/mol. The smallest absolute Gasteiger partial charge is 0.272 e. The van der Waals surface area contributed by atoms with E-state index in [-0.39, 0.29) is 5.91 Å². The molecule has 0 aliphatic carbocycles. The van der Waals surface area contributed by atoms with Gasteiger partial charge in [-0.1, -0.05) is 28.1 Å². The van der Waals surface area contributed by atoms with Gasteiger partial charge in [0.25, 0.3) is 5.91 Å². The van der Waals surface area contributed by atoms with Crippen LogP contribution < -0.4 is 10.6 Å². The van der Waals surface area contributed by atoms with E-state index in [0.717, 1.165) is 16.6 Å². The molecule has 0 aliphatic heterocycles. The number of carbonyl (C=O) groups excluding carboxylic acids is 1. The van der Waals surface area contributed by atoms with Crippen LogP contribution in [0, 0.1) is 0 Å². The lowest BCUT2D eigenvalue weighted by molar-refractivity contribution is 0.0945. The molecule has 1 amide bonds. The lowest BCUT2D eigenvalue weighted by Gasteiger charge is -2.06. The Morgan fingerprint density at radius 2 is 2.10 bits per heavy atom. The van der Waals surface area contributed by atoms with E-state index in [1.807, 2.05) is 31.2 Å². The largest absolute Gasteiger partial charge is 0.369 e. The molecule has 0 aliphatic rings. The number of nitrogens with one attached hydrogen (secondary N) is 2. The summed E-state index contributed by atoms with van der Waals surface area (Å²) in [6.45, 7) is 3.19. The average Bonchev–Trinajstić information content (AvgIpc) is 2.46. The van der Waals surface area contributed by atoms with Crippen LogP contribution in [0.15, 0.2) is 40.9 Å². The third-order valence-electron chi connectivity index (χ3n) is 2.60. The Morgan fingerprint density at radius 3 is 2.75 bits per heavy atom. The topological polar surface area (TPSA) is 66.9 Å². The zero-order chi connectivity index (χ0) is 14.4. The number of aromatic nitrogens is 2. The summed E-state index contributed by atoms with van der Waals surface area (Å²) >= 11 is 3.39. The first-order valence-corrected chi connectivity index (χ1v) is 7.08. The Bertz CT molecular complexity index is 586. The van der Waals surface area contributed by atoms with Crippen molar-refractivity contribution in [2.45, 2.75) is 13.5 Å². The second kappa shape index (κ2) is 7.00. The van der Waals surface area contributed by atoms with Crippen LogP contribution in [0.3, 0.4) is 0 Å². The molecule has 0 spiro atoms.